The van der Waals surface area contributed by atoms with Crippen LogP contribution in [0.3, 0.4) is 0 Å². The Morgan fingerprint density at radius 2 is 2.28 bits per heavy atom. The molecule has 0 saturated heterocycles. The molecule has 1 aromatic carbocycles. The van der Waals surface area contributed by atoms with E-state index in [0.29, 0.717) is 0 Å². The maximum absolute atomic E-state index is 12.1. The lowest BCUT2D eigenvalue weighted by molar-refractivity contribution is -0.120. The molecule has 0 bridgehead atoms. The highest BCUT2D eigenvalue weighted by atomic mass is 16.3. The first kappa shape index (κ1) is 13.1. The lowest BCUT2D eigenvalue weighted by Gasteiger charge is -2.25. The van der Waals surface area contributed by atoms with Crippen LogP contribution in [0.2, 0.25) is 0 Å². The number of hydrogen-bond donors (Lipinski definition) is 3. The fourth-order valence-corrected chi connectivity index (χ4v) is 2.46. The Morgan fingerprint density at radius 3 is 3.00 bits per heavy atom. The number of nitrogens with one attached hydrogen (secondary N) is 1. The summed E-state index contributed by atoms with van der Waals surface area (Å²) in [6.07, 6.45) is 3.73. The van der Waals surface area contributed by atoms with E-state index in [1.165, 1.54) is 0 Å². The third-order valence-electron chi connectivity index (χ3n) is 3.46. The fourth-order valence-electron chi connectivity index (χ4n) is 2.46. The van der Waals surface area contributed by atoms with Crippen molar-refractivity contribution in [2.24, 2.45) is 11.7 Å². The summed E-state index contributed by atoms with van der Waals surface area (Å²) in [5.74, 6) is 0.0618. The predicted octanol–water partition coefficient (Wildman–Crippen LogP) is 1.63. The van der Waals surface area contributed by atoms with E-state index in [2.05, 4.69) is 5.32 Å². The minimum absolute atomic E-state index is 0.0159. The van der Waals surface area contributed by atoms with Crippen LogP contribution in [-0.2, 0) is 11.4 Å². The first-order valence-corrected chi connectivity index (χ1v) is 6.45. The first-order chi connectivity index (χ1) is 8.69. The number of aliphatic hydroxyl groups excluding tert-OH is 1. The third kappa shape index (κ3) is 3.31. The predicted molar refractivity (Wildman–Crippen MR) is 70.9 cm³/mol. The number of anilines is 1. The van der Waals surface area contributed by atoms with Gasteiger partial charge in [0, 0.05) is 17.6 Å². The van der Waals surface area contributed by atoms with Gasteiger partial charge in [0.1, 0.15) is 0 Å². The van der Waals surface area contributed by atoms with Gasteiger partial charge in [-0.1, -0.05) is 18.6 Å². The monoisotopic (exact) mass is 248 g/mol. The van der Waals surface area contributed by atoms with Gasteiger partial charge in [-0.25, -0.2) is 0 Å². The highest BCUT2D eigenvalue weighted by molar-refractivity contribution is 5.92. The number of aliphatic hydroxyl groups is 1. The maximum atomic E-state index is 12.1. The molecule has 0 radical (unpaired) electrons. The molecule has 2 atom stereocenters. The second kappa shape index (κ2) is 5.98. The summed E-state index contributed by atoms with van der Waals surface area (Å²) in [5, 5.41) is 12.0. The van der Waals surface area contributed by atoms with Gasteiger partial charge in [-0.05, 0) is 37.0 Å². The van der Waals surface area contributed by atoms with E-state index >= 15 is 0 Å². The van der Waals surface area contributed by atoms with Crippen molar-refractivity contribution in [2.75, 3.05) is 5.32 Å². The van der Waals surface area contributed by atoms with Crippen molar-refractivity contribution in [1.82, 2.24) is 0 Å². The molecule has 2 unspecified atom stereocenters. The van der Waals surface area contributed by atoms with Crippen molar-refractivity contribution in [3.63, 3.8) is 0 Å². The van der Waals surface area contributed by atoms with Crippen LogP contribution in [-0.4, -0.2) is 17.1 Å². The number of carbonyl (C=O) groups excluding carboxylic acids is 1. The van der Waals surface area contributed by atoms with Gasteiger partial charge in [0.25, 0.3) is 0 Å². The second-order valence-corrected chi connectivity index (χ2v) is 4.97. The van der Waals surface area contributed by atoms with Crippen molar-refractivity contribution < 1.29 is 9.90 Å². The number of benzene rings is 1. The van der Waals surface area contributed by atoms with Crippen LogP contribution < -0.4 is 11.1 Å². The fraction of sp³-hybridized carbons (Fsp3) is 0.500. The van der Waals surface area contributed by atoms with E-state index in [9.17, 15) is 4.79 Å². The van der Waals surface area contributed by atoms with E-state index in [-0.39, 0.29) is 24.5 Å². The van der Waals surface area contributed by atoms with E-state index in [0.717, 1.165) is 36.9 Å². The molecule has 0 spiro atoms. The van der Waals surface area contributed by atoms with Gasteiger partial charge < -0.3 is 16.2 Å². The van der Waals surface area contributed by atoms with E-state index in [1.54, 1.807) is 6.07 Å². The summed E-state index contributed by atoms with van der Waals surface area (Å²) < 4.78 is 0. The third-order valence-corrected chi connectivity index (χ3v) is 3.46. The molecule has 0 aromatic heterocycles. The molecular weight excluding hydrogens is 228 g/mol. The number of rotatable bonds is 3. The zero-order valence-corrected chi connectivity index (χ0v) is 10.4. The van der Waals surface area contributed by atoms with E-state index in [4.69, 9.17) is 10.8 Å². The van der Waals surface area contributed by atoms with Crippen LogP contribution in [0.1, 0.15) is 31.2 Å². The van der Waals surface area contributed by atoms with Gasteiger partial charge in [-0.15, -0.1) is 0 Å². The number of nitrogens with two attached hydrogens (primary N) is 1. The van der Waals surface area contributed by atoms with Crippen molar-refractivity contribution in [1.29, 1.82) is 0 Å². The Balaban J connectivity index is 1.97. The lowest BCUT2D eigenvalue weighted by Crippen LogP contribution is -2.34. The summed E-state index contributed by atoms with van der Waals surface area (Å²) >= 11 is 0. The minimum Gasteiger partial charge on any atom is -0.392 e. The largest absolute Gasteiger partial charge is 0.392 e. The molecule has 4 N–H and O–H groups in total. The molecule has 4 nitrogen and oxygen atoms in total. The smallest absolute Gasteiger partial charge is 0.227 e. The van der Waals surface area contributed by atoms with Gasteiger partial charge >= 0.3 is 0 Å². The van der Waals surface area contributed by atoms with Crippen LogP contribution in [0.25, 0.3) is 0 Å². The molecule has 1 saturated carbocycles. The molecule has 0 heterocycles. The highest BCUT2D eigenvalue weighted by Crippen LogP contribution is 2.24. The molecule has 4 heteroatoms. The van der Waals surface area contributed by atoms with Gasteiger partial charge in [0.2, 0.25) is 5.91 Å². The summed E-state index contributed by atoms with van der Waals surface area (Å²) in [5.41, 5.74) is 7.43. The molecule has 1 aliphatic rings. The quantitative estimate of drug-likeness (QED) is 0.761. The van der Waals surface area contributed by atoms with Crippen molar-refractivity contribution in [3.05, 3.63) is 29.8 Å². The van der Waals surface area contributed by atoms with E-state index in [1.807, 2.05) is 18.2 Å². The molecule has 1 fully saturated rings. The number of carbonyl (C=O) groups is 1. The van der Waals surface area contributed by atoms with Crippen LogP contribution in [0.4, 0.5) is 5.69 Å². The Kier molecular flexibility index (Phi) is 4.33. The van der Waals surface area contributed by atoms with Crippen molar-refractivity contribution >= 4 is 11.6 Å². The molecule has 2 rings (SSSR count). The summed E-state index contributed by atoms with van der Waals surface area (Å²) in [6.45, 7) is -0.0159. The standard InChI is InChI=1S/C14H20N2O2/c15-12-5-2-4-11(8-12)14(18)16-13-6-1-3-10(7-13)9-17/h1,3,6-7,11-12,17H,2,4-5,8-9,15H2,(H,16,18). The Morgan fingerprint density at radius 1 is 1.44 bits per heavy atom. The first-order valence-electron chi connectivity index (χ1n) is 6.45. The Labute approximate surface area is 107 Å². The Bertz CT molecular complexity index is 420. The van der Waals surface area contributed by atoms with Gasteiger partial charge in [-0.2, -0.15) is 0 Å². The minimum atomic E-state index is -0.0159. The molecule has 98 valence electrons. The summed E-state index contributed by atoms with van der Waals surface area (Å²) in [4.78, 5) is 12.1. The lowest BCUT2D eigenvalue weighted by atomic mass is 9.85. The molecule has 1 aromatic rings. The molecule has 1 amide bonds. The molecule has 18 heavy (non-hydrogen) atoms. The zero-order chi connectivity index (χ0) is 13.0. The SMILES string of the molecule is NC1CCCC(C(=O)Nc2cccc(CO)c2)C1. The Hall–Kier alpha value is -1.39. The van der Waals surface area contributed by atoms with Gasteiger partial charge in [-0.3, -0.25) is 4.79 Å². The van der Waals surface area contributed by atoms with Crippen LogP contribution in [0.15, 0.2) is 24.3 Å². The molecular formula is C14H20N2O2. The number of amides is 1. The highest BCUT2D eigenvalue weighted by Gasteiger charge is 2.25. The van der Waals surface area contributed by atoms with Crippen molar-refractivity contribution in [3.8, 4) is 0 Å². The van der Waals surface area contributed by atoms with E-state index < -0.39 is 0 Å². The maximum Gasteiger partial charge on any atom is 0.227 e. The molecule has 1 aliphatic carbocycles. The summed E-state index contributed by atoms with van der Waals surface area (Å²) in [7, 11) is 0. The van der Waals surface area contributed by atoms with Gasteiger partial charge in [0.15, 0.2) is 0 Å². The molecule has 0 aliphatic heterocycles. The second-order valence-electron chi connectivity index (χ2n) is 4.97. The van der Waals surface area contributed by atoms with Crippen LogP contribution in [0.5, 0.6) is 0 Å². The average molecular weight is 248 g/mol. The van der Waals surface area contributed by atoms with Crippen molar-refractivity contribution in [2.45, 2.75) is 38.3 Å². The van der Waals surface area contributed by atoms with Gasteiger partial charge in [0.05, 0.1) is 6.61 Å². The summed E-state index contributed by atoms with van der Waals surface area (Å²) in [6, 6.07) is 7.43. The van der Waals surface area contributed by atoms with Crippen LogP contribution in [0, 0.1) is 5.92 Å². The number of hydrogen-bond acceptors (Lipinski definition) is 3. The van der Waals surface area contributed by atoms with Crippen LogP contribution >= 0.6 is 0 Å². The topological polar surface area (TPSA) is 75.4 Å². The zero-order valence-electron chi connectivity index (χ0n) is 10.4. The average Bonchev–Trinajstić information content (AvgIpc) is 2.39. The normalized spacial score (nSPS) is 23.7.